The minimum Gasteiger partial charge on any atom is -0.382 e. The Balaban J connectivity index is 2.49. The minimum atomic E-state index is -0.331. The van der Waals surface area contributed by atoms with E-state index in [0.717, 1.165) is 10.2 Å². The van der Waals surface area contributed by atoms with E-state index in [0.29, 0.717) is 5.56 Å². The van der Waals surface area contributed by atoms with Crippen molar-refractivity contribution >= 4 is 11.7 Å². The minimum absolute atomic E-state index is 0.0701. The van der Waals surface area contributed by atoms with Crippen molar-refractivity contribution in [2.24, 2.45) is 0 Å². The SMILES string of the molecule is Cc1ccccc1C(=O)n1ncc(C#N)c1N. The van der Waals surface area contributed by atoms with Gasteiger partial charge in [0.25, 0.3) is 5.91 Å². The second kappa shape index (κ2) is 4.10. The summed E-state index contributed by atoms with van der Waals surface area (Å²) >= 11 is 0. The second-order valence-corrected chi connectivity index (χ2v) is 3.59. The van der Waals surface area contributed by atoms with Gasteiger partial charge < -0.3 is 5.73 Å². The van der Waals surface area contributed by atoms with Crippen LogP contribution in [0.25, 0.3) is 0 Å². The quantitative estimate of drug-likeness (QED) is 0.795. The average molecular weight is 226 g/mol. The number of nitrogens with zero attached hydrogens (tertiary/aromatic N) is 3. The Bertz CT molecular complexity index is 622. The van der Waals surface area contributed by atoms with Crippen molar-refractivity contribution in [2.45, 2.75) is 6.92 Å². The standard InChI is InChI=1S/C12H10N4O/c1-8-4-2-3-5-10(8)12(17)16-11(14)9(6-13)7-15-16/h2-5,7H,14H2,1H3. The Hall–Kier alpha value is -2.61. The highest BCUT2D eigenvalue weighted by atomic mass is 16.2. The van der Waals surface area contributed by atoms with Gasteiger partial charge in [-0.1, -0.05) is 18.2 Å². The highest BCUT2D eigenvalue weighted by Gasteiger charge is 2.16. The van der Waals surface area contributed by atoms with Crippen molar-refractivity contribution in [3.8, 4) is 6.07 Å². The van der Waals surface area contributed by atoms with Crippen LogP contribution in [0.5, 0.6) is 0 Å². The van der Waals surface area contributed by atoms with Crippen LogP contribution in [0.2, 0.25) is 0 Å². The third-order valence-corrected chi connectivity index (χ3v) is 2.49. The maximum absolute atomic E-state index is 12.1. The van der Waals surface area contributed by atoms with Crippen molar-refractivity contribution in [1.82, 2.24) is 9.78 Å². The van der Waals surface area contributed by atoms with Crippen LogP contribution < -0.4 is 5.73 Å². The van der Waals surface area contributed by atoms with Crippen LogP contribution in [0.3, 0.4) is 0 Å². The van der Waals surface area contributed by atoms with Crippen LogP contribution in [0, 0.1) is 18.3 Å². The third-order valence-electron chi connectivity index (χ3n) is 2.49. The van der Waals surface area contributed by atoms with Gasteiger partial charge in [0.15, 0.2) is 0 Å². The number of nitrogen functional groups attached to an aromatic ring is 1. The molecule has 1 aromatic heterocycles. The lowest BCUT2D eigenvalue weighted by molar-refractivity contribution is 0.0947. The summed E-state index contributed by atoms with van der Waals surface area (Å²) in [6.45, 7) is 1.83. The molecular weight excluding hydrogens is 216 g/mol. The van der Waals surface area contributed by atoms with Crippen molar-refractivity contribution in [3.63, 3.8) is 0 Å². The lowest BCUT2D eigenvalue weighted by Crippen LogP contribution is -2.17. The first-order chi connectivity index (χ1) is 8.15. The molecule has 0 amide bonds. The predicted molar refractivity (Wildman–Crippen MR) is 62.3 cm³/mol. The van der Waals surface area contributed by atoms with Gasteiger partial charge in [-0.05, 0) is 18.6 Å². The second-order valence-electron chi connectivity index (χ2n) is 3.59. The summed E-state index contributed by atoms with van der Waals surface area (Å²) < 4.78 is 1.04. The molecule has 17 heavy (non-hydrogen) atoms. The highest BCUT2D eigenvalue weighted by Crippen LogP contribution is 2.14. The predicted octanol–water partition coefficient (Wildman–Crippen LogP) is 1.33. The summed E-state index contributed by atoms with van der Waals surface area (Å²) in [4.78, 5) is 12.1. The number of nitrogens with two attached hydrogens (primary N) is 1. The van der Waals surface area contributed by atoms with E-state index < -0.39 is 0 Å². The molecule has 84 valence electrons. The number of aromatic nitrogens is 2. The molecule has 1 heterocycles. The summed E-state index contributed by atoms with van der Waals surface area (Å²) in [5, 5.41) is 12.6. The zero-order valence-corrected chi connectivity index (χ0v) is 9.21. The largest absolute Gasteiger partial charge is 0.382 e. The number of nitriles is 1. The summed E-state index contributed by atoms with van der Waals surface area (Å²) in [6.07, 6.45) is 1.28. The van der Waals surface area contributed by atoms with Gasteiger partial charge in [-0.15, -0.1) is 0 Å². The lowest BCUT2D eigenvalue weighted by atomic mass is 10.1. The number of carbonyl (C=O) groups is 1. The Morgan fingerprint density at radius 1 is 1.47 bits per heavy atom. The summed E-state index contributed by atoms with van der Waals surface area (Å²) in [5.41, 5.74) is 7.22. The van der Waals surface area contributed by atoms with Gasteiger partial charge in [0.2, 0.25) is 0 Å². The molecule has 0 fully saturated rings. The number of anilines is 1. The fourth-order valence-electron chi connectivity index (χ4n) is 1.53. The molecule has 0 spiro atoms. The third kappa shape index (κ3) is 1.76. The van der Waals surface area contributed by atoms with E-state index in [4.69, 9.17) is 11.0 Å². The topological polar surface area (TPSA) is 84.7 Å². The van der Waals surface area contributed by atoms with E-state index in [1.165, 1.54) is 6.20 Å². The van der Waals surface area contributed by atoms with Gasteiger partial charge in [0.05, 0.1) is 6.20 Å². The van der Waals surface area contributed by atoms with Crippen LogP contribution in [-0.4, -0.2) is 15.7 Å². The molecule has 0 bridgehead atoms. The van der Waals surface area contributed by atoms with E-state index in [-0.39, 0.29) is 17.3 Å². The molecule has 0 saturated heterocycles. The molecule has 2 N–H and O–H groups in total. The molecule has 0 saturated carbocycles. The molecule has 2 rings (SSSR count). The van der Waals surface area contributed by atoms with E-state index in [1.54, 1.807) is 12.1 Å². The van der Waals surface area contributed by atoms with Gasteiger partial charge in [-0.25, -0.2) is 0 Å². The van der Waals surface area contributed by atoms with Crippen LogP contribution in [0.15, 0.2) is 30.5 Å². The fraction of sp³-hybridized carbons (Fsp3) is 0.0833. The number of rotatable bonds is 1. The Kier molecular flexibility index (Phi) is 2.63. The maximum atomic E-state index is 12.1. The maximum Gasteiger partial charge on any atom is 0.280 e. The van der Waals surface area contributed by atoms with Gasteiger partial charge in [-0.3, -0.25) is 4.79 Å². The smallest absolute Gasteiger partial charge is 0.280 e. The summed E-state index contributed by atoms with van der Waals surface area (Å²) in [7, 11) is 0. The number of aryl methyl sites for hydroxylation is 1. The molecule has 1 aromatic carbocycles. The summed E-state index contributed by atoms with van der Waals surface area (Å²) in [6, 6.07) is 9.02. The van der Waals surface area contributed by atoms with E-state index in [9.17, 15) is 4.79 Å². The molecule has 2 aromatic rings. The first-order valence-corrected chi connectivity index (χ1v) is 4.99. The average Bonchev–Trinajstić information content (AvgIpc) is 2.70. The van der Waals surface area contributed by atoms with Crippen molar-refractivity contribution < 1.29 is 4.79 Å². The van der Waals surface area contributed by atoms with Crippen molar-refractivity contribution in [2.75, 3.05) is 5.73 Å². The molecule has 5 heteroatoms. The Labute approximate surface area is 98.1 Å². The number of carbonyl (C=O) groups excluding carboxylic acids is 1. The molecule has 0 aliphatic rings. The highest BCUT2D eigenvalue weighted by molar-refractivity contribution is 5.98. The molecular formula is C12H10N4O. The fourth-order valence-corrected chi connectivity index (χ4v) is 1.53. The zero-order valence-electron chi connectivity index (χ0n) is 9.21. The first-order valence-electron chi connectivity index (χ1n) is 4.99. The summed E-state index contributed by atoms with van der Waals surface area (Å²) in [5.74, 6) is -0.261. The lowest BCUT2D eigenvalue weighted by Gasteiger charge is -2.05. The number of benzene rings is 1. The molecule has 5 nitrogen and oxygen atoms in total. The molecule has 0 unspecified atom stereocenters. The monoisotopic (exact) mass is 226 g/mol. The molecule has 0 atom stereocenters. The van der Waals surface area contributed by atoms with Crippen LogP contribution in [-0.2, 0) is 0 Å². The normalized spacial score (nSPS) is 9.88. The number of hydrogen-bond donors (Lipinski definition) is 1. The zero-order chi connectivity index (χ0) is 12.4. The van der Waals surface area contributed by atoms with Crippen LogP contribution >= 0.6 is 0 Å². The van der Waals surface area contributed by atoms with Gasteiger partial charge in [0, 0.05) is 5.56 Å². The number of hydrogen-bond acceptors (Lipinski definition) is 4. The molecule has 0 aliphatic carbocycles. The molecule has 0 aliphatic heterocycles. The Morgan fingerprint density at radius 3 is 2.76 bits per heavy atom. The Morgan fingerprint density at radius 2 is 2.18 bits per heavy atom. The van der Waals surface area contributed by atoms with Crippen LogP contribution in [0.4, 0.5) is 5.82 Å². The van der Waals surface area contributed by atoms with E-state index in [2.05, 4.69) is 5.10 Å². The van der Waals surface area contributed by atoms with E-state index >= 15 is 0 Å². The van der Waals surface area contributed by atoms with Crippen molar-refractivity contribution in [1.29, 1.82) is 5.26 Å². The van der Waals surface area contributed by atoms with E-state index in [1.807, 2.05) is 25.1 Å². The van der Waals surface area contributed by atoms with Crippen molar-refractivity contribution in [3.05, 3.63) is 47.2 Å². The van der Waals surface area contributed by atoms with Crippen LogP contribution in [0.1, 0.15) is 21.5 Å². The van der Waals surface area contributed by atoms with Gasteiger partial charge in [-0.2, -0.15) is 15.0 Å². The first kappa shape index (κ1) is 10.9. The molecule has 0 radical (unpaired) electrons. The van der Waals surface area contributed by atoms with Gasteiger partial charge >= 0.3 is 0 Å². The van der Waals surface area contributed by atoms with Gasteiger partial charge in [0.1, 0.15) is 17.5 Å².